The Morgan fingerprint density at radius 1 is 1.46 bits per heavy atom. The predicted molar refractivity (Wildman–Crippen MR) is 56.3 cm³/mol. The minimum absolute atomic E-state index is 0.656. The van der Waals surface area contributed by atoms with Crippen LogP contribution in [0, 0.1) is 17.8 Å². The van der Waals surface area contributed by atoms with Gasteiger partial charge in [-0.25, -0.2) is 0 Å². The molecule has 1 fully saturated rings. The second-order valence-corrected chi connectivity index (χ2v) is 3.66. The molecular formula is C11H20N2. The molecule has 2 heteroatoms. The van der Waals surface area contributed by atoms with Crippen LogP contribution < -0.4 is 11.1 Å². The smallest absolute Gasteiger partial charge is 0.0214 e. The Hall–Kier alpha value is -0.520. The average molecular weight is 180 g/mol. The van der Waals surface area contributed by atoms with Gasteiger partial charge in [0.25, 0.3) is 0 Å². The molecule has 1 aliphatic carbocycles. The van der Waals surface area contributed by atoms with E-state index in [-0.39, 0.29) is 0 Å². The van der Waals surface area contributed by atoms with Gasteiger partial charge in [-0.05, 0) is 32.2 Å². The molecule has 0 saturated heterocycles. The Bertz CT molecular complexity index is 190. The van der Waals surface area contributed by atoms with E-state index in [9.17, 15) is 0 Å². The van der Waals surface area contributed by atoms with Crippen molar-refractivity contribution in [3.05, 3.63) is 0 Å². The molecule has 0 aromatic heterocycles. The van der Waals surface area contributed by atoms with Crippen molar-refractivity contribution in [3.8, 4) is 11.8 Å². The molecule has 0 spiro atoms. The normalized spacial score (nSPS) is 26.9. The van der Waals surface area contributed by atoms with Gasteiger partial charge in [0.05, 0.1) is 0 Å². The highest BCUT2D eigenvalue weighted by molar-refractivity contribution is 4.95. The zero-order valence-electron chi connectivity index (χ0n) is 8.47. The van der Waals surface area contributed by atoms with Crippen LogP contribution in [0.25, 0.3) is 0 Å². The van der Waals surface area contributed by atoms with Crippen LogP contribution in [0.2, 0.25) is 0 Å². The van der Waals surface area contributed by atoms with Crippen LogP contribution in [0.15, 0.2) is 0 Å². The average Bonchev–Trinajstić information content (AvgIpc) is 2.60. The Morgan fingerprint density at radius 2 is 2.31 bits per heavy atom. The molecule has 2 nitrogen and oxygen atoms in total. The molecular weight excluding hydrogens is 160 g/mol. The highest BCUT2D eigenvalue weighted by Crippen LogP contribution is 2.24. The van der Waals surface area contributed by atoms with Crippen LogP contribution in [-0.2, 0) is 0 Å². The van der Waals surface area contributed by atoms with Crippen molar-refractivity contribution < 1.29 is 0 Å². The second-order valence-electron chi connectivity index (χ2n) is 3.66. The third-order valence-electron chi connectivity index (χ3n) is 2.80. The summed E-state index contributed by atoms with van der Waals surface area (Å²) in [5, 5.41) is 3.53. The zero-order valence-corrected chi connectivity index (χ0v) is 8.47. The maximum atomic E-state index is 5.69. The van der Waals surface area contributed by atoms with E-state index in [0.717, 1.165) is 19.5 Å². The summed E-state index contributed by atoms with van der Waals surface area (Å²) in [6.45, 7) is 3.73. The molecule has 74 valence electrons. The minimum atomic E-state index is 0.656. The number of hydrogen-bond acceptors (Lipinski definition) is 2. The van der Waals surface area contributed by atoms with Crippen LogP contribution in [0.3, 0.4) is 0 Å². The zero-order chi connectivity index (χ0) is 9.52. The lowest BCUT2D eigenvalue weighted by molar-refractivity contribution is 0.412. The van der Waals surface area contributed by atoms with Crippen LogP contribution in [0.5, 0.6) is 0 Å². The second kappa shape index (κ2) is 6.01. The molecule has 2 atom stereocenters. The van der Waals surface area contributed by atoms with Crippen molar-refractivity contribution >= 4 is 0 Å². The fourth-order valence-corrected chi connectivity index (χ4v) is 2.03. The predicted octanol–water partition coefficient (Wildman–Crippen LogP) is 1.12. The largest absolute Gasteiger partial charge is 0.330 e. The van der Waals surface area contributed by atoms with E-state index in [2.05, 4.69) is 17.2 Å². The summed E-state index contributed by atoms with van der Waals surface area (Å²) >= 11 is 0. The third-order valence-corrected chi connectivity index (χ3v) is 2.80. The quantitative estimate of drug-likeness (QED) is 0.502. The molecule has 0 amide bonds. The molecule has 0 aromatic carbocycles. The van der Waals surface area contributed by atoms with Crippen molar-refractivity contribution in [1.82, 2.24) is 5.32 Å². The van der Waals surface area contributed by atoms with Crippen molar-refractivity contribution in [2.75, 3.05) is 13.1 Å². The summed E-state index contributed by atoms with van der Waals surface area (Å²) in [6, 6.07) is 0.656. The minimum Gasteiger partial charge on any atom is -0.330 e. The summed E-state index contributed by atoms with van der Waals surface area (Å²) < 4.78 is 0. The Morgan fingerprint density at radius 3 is 3.00 bits per heavy atom. The van der Waals surface area contributed by atoms with E-state index in [1.807, 2.05) is 6.92 Å². The molecule has 0 bridgehead atoms. The standard InChI is InChI=1S/C11H20N2/c1-2-3-4-8-13-11-7-5-6-10(11)9-12/h10-11,13H,4-9,12H2,1H3. The van der Waals surface area contributed by atoms with Crippen LogP contribution in [0.1, 0.15) is 32.6 Å². The molecule has 0 aromatic rings. The molecule has 2 unspecified atom stereocenters. The first kappa shape index (κ1) is 10.6. The third kappa shape index (κ3) is 3.38. The SMILES string of the molecule is CC#CCCNC1CCCC1CN. The van der Waals surface area contributed by atoms with E-state index in [1.54, 1.807) is 0 Å². The van der Waals surface area contributed by atoms with Crippen LogP contribution in [0.4, 0.5) is 0 Å². The van der Waals surface area contributed by atoms with Gasteiger partial charge < -0.3 is 11.1 Å². The number of nitrogens with two attached hydrogens (primary N) is 1. The molecule has 13 heavy (non-hydrogen) atoms. The summed E-state index contributed by atoms with van der Waals surface area (Å²) in [6.07, 6.45) is 4.89. The summed E-state index contributed by atoms with van der Waals surface area (Å²) in [5.74, 6) is 6.67. The van der Waals surface area contributed by atoms with E-state index in [1.165, 1.54) is 19.3 Å². The Balaban J connectivity index is 2.15. The molecule has 0 heterocycles. The van der Waals surface area contributed by atoms with Crippen molar-refractivity contribution in [2.45, 2.75) is 38.6 Å². The molecule has 0 aliphatic heterocycles. The molecule has 1 saturated carbocycles. The highest BCUT2D eigenvalue weighted by atomic mass is 14.9. The maximum Gasteiger partial charge on any atom is 0.0214 e. The van der Waals surface area contributed by atoms with Crippen molar-refractivity contribution in [1.29, 1.82) is 0 Å². The number of rotatable bonds is 4. The number of hydrogen-bond donors (Lipinski definition) is 2. The van der Waals surface area contributed by atoms with Crippen molar-refractivity contribution in [2.24, 2.45) is 11.7 Å². The fourth-order valence-electron chi connectivity index (χ4n) is 2.03. The molecule has 0 radical (unpaired) electrons. The van der Waals surface area contributed by atoms with Crippen molar-refractivity contribution in [3.63, 3.8) is 0 Å². The first-order chi connectivity index (χ1) is 6.38. The van der Waals surface area contributed by atoms with E-state index in [0.29, 0.717) is 12.0 Å². The Labute approximate surface area is 81.3 Å². The Kier molecular flexibility index (Phi) is 4.88. The number of nitrogens with one attached hydrogen (secondary N) is 1. The molecule has 1 aliphatic rings. The van der Waals surface area contributed by atoms with Crippen LogP contribution >= 0.6 is 0 Å². The maximum absolute atomic E-state index is 5.69. The lowest BCUT2D eigenvalue weighted by Gasteiger charge is -2.18. The van der Waals surface area contributed by atoms with Gasteiger partial charge in [0, 0.05) is 19.0 Å². The monoisotopic (exact) mass is 180 g/mol. The summed E-state index contributed by atoms with van der Waals surface area (Å²) in [7, 11) is 0. The fraction of sp³-hybridized carbons (Fsp3) is 0.818. The summed E-state index contributed by atoms with van der Waals surface area (Å²) in [4.78, 5) is 0. The summed E-state index contributed by atoms with van der Waals surface area (Å²) in [5.41, 5.74) is 5.69. The topological polar surface area (TPSA) is 38.0 Å². The lowest BCUT2D eigenvalue weighted by Crippen LogP contribution is -2.36. The van der Waals surface area contributed by atoms with Gasteiger partial charge >= 0.3 is 0 Å². The molecule has 3 N–H and O–H groups in total. The first-order valence-electron chi connectivity index (χ1n) is 5.21. The van der Waals surface area contributed by atoms with Gasteiger partial charge in [0.15, 0.2) is 0 Å². The van der Waals surface area contributed by atoms with Gasteiger partial charge in [-0.2, -0.15) is 0 Å². The van der Waals surface area contributed by atoms with E-state index >= 15 is 0 Å². The van der Waals surface area contributed by atoms with Gasteiger partial charge in [-0.3, -0.25) is 0 Å². The highest BCUT2D eigenvalue weighted by Gasteiger charge is 2.24. The van der Waals surface area contributed by atoms with Gasteiger partial charge in [0.2, 0.25) is 0 Å². The van der Waals surface area contributed by atoms with E-state index < -0.39 is 0 Å². The van der Waals surface area contributed by atoms with Gasteiger partial charge in [-0.15, -0.1) is 11.8 Å². The lowest BCUT2D eigenvalue weighted by atomic mass is 10.0. The molecule has 1 rings (SSSR count). The first-order valence-corrected chi connectivity index (χ1v) is 5.21. The van der Waals surface area contributed by atoms with Crippen LogP contribution in [-0.4, -0.2) is 19.1 Å². The van der Waals surface area contributed by atoms with Gasteiger partial charge in [0.1, 0.15) is 0 Å². The van der Waals surface area contributed by atoms with Gasteiger partial charge in [-0.1, -0.05) is 6.42 Å². The van der Waals surface area contributed by atoms with E-state index in [4.69, 9.17) is 5.73 Å².